The lowest BCUT2D eigenvalue weighted by atomic mass is 10.1. The molecular formula is C17H20FN3O3S2. The molecule has 1 N–H and O–H groups in total. The highest BCUT2D eigenvalue weighted by Gasteiger charge is 2.47. The summed E-state index contributed by atoms with van der Waals surface area (Å²) in [5.74, 6) is -0.961. The Labute approximate surface area is 156 Å². The van der Waals surface area contributed by atoms with Crippen molar-refractivity contribution in [2.75, 3.05) is 18.4 Å². The van der Waals surface area contributed by atoms with Gasteiger partial charge in [-0.2, -0.15) is 0 Å². The smallest absolute Gasteiger partial charge is 0.248 e. The van der Waals surface area contributed by atoms with E-state index in [-0.39, 0.29) is 5.82 Å². The van der Waals surface area contributed by atoms with Crippen LogP contribution in [-0.4, -0.2) is 41.5 Å². The number of benzene rings is 1. The molecular weight excluding hydrogens is 377 g/mol. The first-order valence-corrected chi connectivity index (χ1v) is 10.4. The van der Waals surface area contributed by atoms with Gasteiger partial charge in [-0.1, -0.05) is 0 Å². The van der Waals surface area contributed by atoms with Crippen LogP contribution in [0.2, 0.25) is 0 Å². The third-order valence-electron chi connectivity index (χ3n) is 4.48. The second-order valence-electron chi connectivity index (χ2n) is 6.65. The SMILES string of the molecule is Cc1sc(NC(=O)C(C)(C)S(=O)(=O)N2CCC2)nc1-c1ccc(F)cc1. The second-order valence-corrected chi connectivity index (χ2v) is 10.3. The normalized spacial score (nSPS) is 15.5. The fraction of sp³-hybridized carbons (Fsp3) is 0.412. The molecule has 0 radical (unpaired) electrons. The van der Waals surface area contributed by atoms with Gasteiger partial charge in [0.2, 0.25) is 15.9 Å². The minimum absolute atomic E-state index is 0.318. The number of halogens is 1. The summed E-state index contributed by atoms with van der Waals surface area (Å²) >= 11 is 1.25. The summed E-state index contributed by atoms with van der Waals surface area (Å²) in [7, 11) is -3.72. The van der Waals surface area contributed by atoms with Crippen LogP contribution in [0, 0.1) is 12.7 Å². The molecule has 0 unspecified atom stereocenters. The van der Waals surface area contributed by atoms with Crippen molar-refractivity contribution in [3.63, 3.8) is 0 Å². The topological polar surface area (TPSA) is 79.4 Å². The average molecular weight is 397 g/mol. The molecule has 0 aliphatic carbocycles. The maximum atomic E-state index is 13.1. The third-order valence-corrected chi connectivity index (χ3v) is 7.89. The number of thiazole rings is 1. The quantitative estimate of drug-likeness (QED) is 0.841. The number of nitrogens with one attached hydrogen (secondary N) is 1. The van der Waals surface area contributed by atoms with E-state index in [0.29, 0.717) is 23.9 Å². The molecule has 0 spiro atoms. The number of hydrogen-bond acceptors (Lipinski definition) is 5. The molecule has 140 valence electrons. The van der Waals surface area contributed by atoms with Crippen molar-refractivity contribution < 1.29 is 17.6 Å². The predicted octanol–water partition coefficient (Wildman–Crippen LogP) is 3.01. The number of sulfonamides is 1. The molecule has 1 aliphatic rings. The fourth-order valence-electron chi connectivity index (χ4n) is 2.54. The summed E-state index contributed by atoms with van der Waals surface area (Å²) in [6.45, 7) is 5.54. The Hall–Kier alpha value is -1.84. The Morgan fingerprint density at radius 3 is 2.42 bits per heavy atom. The van der Waals surface area contributed by atoms with E-state index in [1.54, 1.807) is 12.1 Å². The number of aromatic nitrogens is 1. The fourth-order valence-corrected chi connectivity index (χ4v) is 5.04. The molecule has 3 rings (SSSR count). The van der Waals surface area contributed by atoms with Crippen LogP contribution in [0.15, 0.2) is 24.3 Å². The Kier molecular flexibility index (Phi) is 4.89. The first-order chi connectivity index (χ1) is 12.1. The predicted molar refractivity (Wildman–Crippen MR) is 100 cm³/mol. The minimum atomic E-state index is -3.72. The molecule has 26 heavy (non-hydrogen) atoms. The number of rotatable bonds is 5. The zero-order chi connectivity index (χ0) is 19.1. The highest BCUT2D eigenvalue weighted by molar-refractivity contribution is 7.91. The first-order valence-electron chi connectivity index (χ1n) is 8.17. The lowest BCUT2D eigenvalue weighted by molar-refractivity contribution is -0.118. The molecule has 1 amide bonds. The number of carbonyl (C=O) groups is 1. The summed E-state index contributed by atoms with van der Waals surface area (Å²) in [5, 5.41) is 2.94. The standard InChI is InChI=1S/C17H20FN3O3S2/c1-11-14(12-5-7-13(18)8-6-12)19-16(25-11)20-15(22)17(2,3)26(23,24)21-9-4-10-21/h5-8H,4,9-10H2,1-3H3,(H,19,20,22). The molecule has 2 heterocycles. The molecule has 0 saturated carbocycles. The maximum Gasteiger partial charge on any atom is 0.248 e. The molecule has 1 fully saturated rings. The highest BCUT2D eigenvalue weighted by atomic mass is 32.2. The average Bonchev–Trinajstić information content (AvgIpc) is 2.86. The Bertz CT molecular complexity index is 933. The first kappa shape index (κ1) is 18.9. The van der Waals surface area contributed by atoms with Crippen LogP contribution >= 0.6 is 11.3 Å². The Morgan fingerprint density at radius 2 is 1.88 bits per heavy atom. The van der Waals surface area contributed by atoms with Crippen molar-refractivity contribution in [2.24, 2.45) is 0 Å². The number of amides is 1. The van der Waals surface area contributed by atoms with Gasteiger partial charge in [-0.25, -0.2) is 22.1 Å². The maximum absolute atomic E-state index is 13.1. The molecule has 1 aromatic heterocycles. The number of aryl methyl sites for hydroxylation is 1. The van der Waals surface area contributed by atoms with Crippen molar-refractivity contribution in [1.29, 1.82) is 0 Å². The molecule has 0 bridgehead atoms. The van der Waals surface area contributed by atoms with Crippen LogP contribution in [0.25, 0.3) is 11.3 Å². The minimum Gasteiger partial charge on any atom is -0.301 e. The van der Waals surface area contributed by atoms with E-state index in [0.717, 1.165) is 16.9 Å². The zero-order valence-electron chi connectivity index (χ0n) is 14.7. The van der Waals surface area contributed by atoms with Crippen molar-refractivity contribution in [2.45, 2.75) is 31.9 Å². The number of anilines is 1. The van der Waals surface area contributed by atoms with Crippen LogP contribution < -0.4 is 5.32 Å². The van der Waals surface area contributed by atoms with Gasteiger partial charge in [-0.05, 0) is 51.5 Å². The summed E-state index contributed by atoms with van der Waals surface area (Å²) in [5.41, 5.74) is 1.36. The van der Waals surface area contributed by atoms with Crippen molar-refractivity contribution in [3.8, 4) is 11.3 Å². The van der Waals surface area contributed by atoms with E-state index in [2.05, 4.69) is 10.3 Å². The Morgan fingerprint density at radius 1 is 1.27 bits per heavy atom. The van der Waals surface area contributed by atoms with E-state index in [1.165, 1.54) is 41.6 Å². The lowest BCUT2D eigenvalue weighted by Gasteiger charge is -2.36. The molecule has 6 nitrogen and oxygen atoms in total. The zero-order valence-corrected chi connectivity index (χ0v) is 16.4. The number of carbonyl (C=O) groups excluding carboxylic acids is 1. The van der Waals surface area contributed by atoms with Crippen LogP contribution in [-0.2, 0) is 14.8 Å². The van der Waals surface area contributed by atoms with E-state index in [9.17, 15) is 17.6 Å². The van der Waals surface area contributed by atoms with Gasteiger partial charge in [-0.15, -0.1) is 11.3 Å². The molecule has 0 atom stereocenters. The molecule has 1 aromatic carbocycles. The third kappa shape index (κ3) is 3.26. The lowest BCUT2D eigenvalue weighted by Crippen LogP contribution is -2.55. The van der Waals surface area contributed by atoms with Crippen LogP contribution in [0.4, 0.5) is 9.52 Å². The molecule has 2 aromatic rings. The summed E-state index contributed by atoms with van der Waals surface area (Å²) in [6, 6.07) is 5.91. The highest BCUT2D eigenvalue weighted by Crippen LogP contribution is 2.32. The van der Waals surface area contributed by atoms with Gasteiger partial charge in [0.15, 0.2) is 9.88 Å². The van der Waals surface area contributed by atoms with Gasteiger partial charge in [0.25, 0.3) is 0 Å². The van der Waals surface area contributed by atoms with Gasteiger partial charge in [0, 0.05) is 23.5 Å². The van der Waals surface area contributed by atoms with Crippen molar-refractivity contribution in [1.82, 2.24) is 9.29 Å². The van der Waals surface area contributed by atoms with Crippen LogP contribution in [0.1, 0.15) is 25.1 Å². The van der Waals surface area contributed by atoms with Crippen molar-refractivity contribution >= 4 is 32.4 Å². The van der Waals surface area contributed by atoms with Crippen molar-refractivity contribution in [3.05, 3.63) is 35.0 Å². The second kappa shape index (κ2) is 6.71. The van der Waals surface area contributed by atoms with Crippen LogP contribution in [0.3, 0.4) is 0 Å². The van der Waals surface area contributed by atoms with Crippen LogP contribution in [0.5, 0.6) is 0 Å². The van der Waals surface area contributed by atoms with Gasteiger partial charge in [-0.3, -0.25) is 4.79 Å². The van der Waals surface area contributed by atoms with E-state index in [1.807, 2.05) is 6.92 Å². The molecule has 9 heteroatoms. The van der Waals surface area contributed by atoms with Gasteiger partial charge >= 0.3 is 0 Å². The van der Waals surface area contributed by atoms with E-state index < -0.39 is 20.7 Å². The summed E-state index contributed by atoms with van der Waals surface area (Å²) in [4.78, 5) is 17.9. The van der Waals surface area contributed by atoms with E-state index >= 15 is 0 Å². The Balaban J connectivity index is 1.81. The molecule has 1 saturated heterocycles. The van der Waals surface area contributed by atoms with E-state index in [4.69, 9.17) is 0 Å². The number of nitrogens with zero attached hydrogens (tertiary/aromatic N) is 2. The van der Waals surface area contributed by atoms with Gasteiger partial charge < -0.3 is 5.32 Å². The summed E-state index contributed by atoms with van der Waals surface area (Å²) < 4.78 is 38.0. The largest absolute Gasteiger partial charge is 0.301 e. The monoisotopic (exact) mass is 397 g/mol. The summed E-state index contributed by atoms with van der Waals surface area (Å²) in [6.07, 6.45) is 0.809. The van der Waals surface area contributed by atoms with Gasteiger partial charge in [0.1, 0.15) is 5.82 Å². The molecule has 1 aliphatic heterocycles. The number of hydrogen-bond donors (Lipinski definition) is 1. The van der Waals surface area contributed by atoms with Gasteiger partial charge in [0.05, 0.1) is 5.69 Å².